The van der Waals surface area contributed by atoms with Crippen LogP contribution in [0.3, 0.4) is 0 Å². The number of hydrogen-bond donors (Lipinski definition) is 0. The average molecular weight is 479 g/mol. The SMILES string of the molecule is C[N+]1(C(CCCOCCCC(Cc2ccccc2)[N+]2(C)CCCC2)Cc2ccccc2)CCCC1. The Morgan fingerprint density at radius 1 is 0.600 bits per heavy atom. The van der Waals surface area contributed by atoms with Gasteiger partial charge in [-0.15, -0.1) is 0 Å². The van der Waals surface area contributed by atoms with E-state index in [0.29, 0.717) is 0 Å². The summed E-state index contributed by atoms with van der Waals surface area (Å²) in [5, 5.41) is 0. The van der Waals surface area contributed by atoms with Crippen molar-refractivity contribution < 1.29 is 13.7 Å². The molecule has 2 aliphatic heterocycles. The van der Waals surface area contributed by atoms with Crippen molar-refractivity contribution in [2.75, 3.05) is 53.5 Å². The molecule has 0 radical (unpaired) electrons. The molecule has 192 valence electrons. The zero-order valence-corrected chi connectivity index (χ0v) is 22.5. The number of ether oxygens (including phenoxy) is 1. The molecule has 0 spiro atoms. The van der Waals surface area contributed by atoms with Gasteiger partial charge in [0.25, 0.3) is 0 Å². The van der Waals surface area contributed by atoms with Gasteiger partial charge in [-0.25, -0.2) is 0 Å². The Bertz CT molecular complexity index is 769. The van der Waals surface area contributed by atoms with Gasteiger partial charge < -0.3 is 13.7 Å². The molecule has 35 heavy (non-hydrogen) atoms. The van der Waals surface area contributed by atoms with Crippen LogP contribution in [0.15, 0.2) is 60.7 Å². The summed E-state index contributed by atoms with van der Waals surface area (Å²) < 4.78 is 8.73. The highest BCUT2D eigenvalue weighted by molar-refractivity contribution is 5.16. The van der Waals surface area contributed by atoms with Gasteiger partial charge in [0.15, 0.2) is 0 Å². The fourth-order valence-corrected chi connectivity index (χ4v) is 6.83. The third kappa shape index (κ3) is 7.65. The number of benzene rings is 2. The van der Waals surface area contributed by atoms with E-state index in [-0.39, 0.29) is 0 Å². The molecular weight excluding hydrogens is 428 g/mol. The quantitative estimate of drug-likeness (QED) is 0.230. The van der Waals surface area contributed by atoms with E-state index in [9.17, 15) is 0 Å². The zero-order valence-electron chi connectivity index (χ0n) is 22.5. The fraction of sp³-hybridized carbons (Fsp3) is 0.625. The summed E-state index contributed by atoms with van der Waals surface area (Å²) in [6.07, 6.45) is 12.9. The second-order valence-corrected chi connectivity index (χ2v) is 11.9. The van der Waals surface area contributed by atoms with Crippen LogP contribution in [0.1, 0.15) is 62.5 Å². The largest absolute Gasteiger partial charge is 0.381 e. The van der Waals surface area contributed by atoms with Gasteiger partial charge in [0, 0.05) is 64.6 Å². The lowest BCUT2D eigenvalue weighted by molar-refractivity contribution is -0.922. The van der Waals surface area contributed by atoms with Crippen molar-refractivity contribution in [3.8, 4) is 0 Å². The summed E-state index contributed by atoms with van der Waals surface area (Å²) in [5.74, 6) is 0. The molecule has 0 aliphatic carbocycles. The van der Waals surface area contributed by atoms with Gasteiger partial charge in [-0.3, -0.25) is 0 Å². The molecule has 2 saturated heterocycles. The zero-order chi connectivity index (χ0) is 24.4. The van der Waals surface area contributed by atoms with Gasteiger partial charge in [0.1, 0.15) is 0 Å². The highest BCUT2D eigenvalue weighted by Crippen LogP contribution is 2.28. The maximum absolute atomic E-state index is 6.21. The van der Waals surface area contributed by atoms with Gasteiger partial charge in [-0.1, -0.05) is 60.7 Å². The van der Waals surface area contributed by atoms with Crippen LogP contribution in [0.25, 0.3) is 0 Å². The highest BCUT2D eigenvalue weighted by atomic mass is 16.5. The fourth-order valence-electron chi connectivity index (χ4n) is 6.83. The van der Waals surface area contributed by atoms with Gasteiger partial charge in [0.2, 0.25) is 0 Å². The molecule has 3 heteroatoms. The smallest absolute Gasteiger partial charge is 0.0929 e. The Balaban J connectivity index is 1.20. The first kappa shape index (κ1) is 26.4. The summed E-state index contributed by atoms with van der Waals surface area (Å²) in [6.45, 7) is 7.22. The maximum atomic E-state index is 6.21. The molecule has 0 amide bonds. The number of nitrogens with zero attached hydrogens (tertiary/aromatic N) is 2. The minimum atomic E-state index is 0.721. The summed E-state index contributed by atoms with van der Waals surface area (Å²) in [7, 11) is 4.99. The molecule has 4 rings (SSSR count). The number of quaternary nitrogens is 2. The lowest BCUT2D eigenvalue weighted by atomic mass is 9.98. The molecule has 2 fully saturated rings. The molecule has 2 aromatic carbocycles. The van der Waals surface area contributed by atoms with Crippen molar-refractivity contribution in [2.45, 2.75) is 76.3 Å². The molecule has 0 saturated carbocycles. The molecule has 3 nitrogen and oxygen atoms in total. The first-order chi connectivity index (χ1) is 17.1. The third-order valence-corrected chi connectivity index (χ3v) is 9.22. The minimum absolute atomic E-state index is 0.721. The molecule has 2 atom stereocenters. The molecule has 0 N–H and O–H groups in total. The van der Waals surface area contributed by atoms with E-state index >= 15 is 0 Å². The van der Waals surface area contributed by atoms with Crippen LogP contribution < -0.4 is 0 Å². The molecule has 2 aliphatic rings. The highest BCUT2D eigenvalue weighted by Gasteiger charge is 2.36. The van der Waals surface area contributed by atoms with Crippen LogP contribution in [0.2, 0.25) is 0 Å². The molecule has 2 unspecified atom stereocenters. The van der Waals surface area contributed by atoms with Crippen LogP contribution >= 0.6 is 0 Å². The molecule has 0 aromatic heterocycles. The third-order valence-electron chi connectivity index (χ3n) is 9.22. The Labute approximate surface area is 215 Å². The van der Waals surface area contributed by atoms with E-state index in [1.807, 2.05) is 0 Å². The lowest BCUT2D eigenvalue weighted by Crippen LogP contribution is -2.51. The summed E-state index contributed by atoms with van der Waals surface area (Å²) >= 11 is 0. The number of likely N-dealkylation sites (N-methyl/N-ethyl adjacent to an activating group) is 2. The van der Waals surface area contributed by atoms with Gasteiger partial charge >= 0.3 is 0 Å². The monoisotopic (exact) mass is 478 g/mol. The summed E-state index contributed by atoms with van der Waals surface area (Å²) in [4.78, 5) is 0. The molecule has 0 bridgehead atoms. The van der Waals surface area contributed by atoms with Crippen LogP contribution in [0, 0.1) is 0 Å². The van der Waals surface area contributed by atoms with E-state index in [1.54, 1.807) is 0 Å². The van der Waals surface area contributed by atoms with Gasteiger partial charge in [0.05, 0.1) is 52.4 Å². The molecule has 2 heterocycles. The molecule has 2 aromatic rings. The molecular formula is C32H50N2O+2. The van der Waals surface area contributed by atoms with Crippen molar-refractivity contribution in [3.05, 3.63) is 71.8 Å². The van der Waals surface area contributed by atoms with E-state index in [1.165, 1.54) is 110 Å². The summed E-state index contributed by atoms with van der Waals surface area (Å²) in [5.41, 5.74) is 2.99. The Morgan fingerprint density at radius 3 is 1.34 bits per heavy atom. The first-order valence-electron chi connectivity index (χ1n) is 14.4. The second kappa shape index (κ2) is 13.0. The average Bonchev–Trinajstić information content (AvgIpc) is 3.53. The van der Waals surface area contributed by atoms with Crippen molar-refractivity contribution in [1.29, 1.82) is 0 Å². The Kier molecular flexibility index (Phi) is 9.83. The predicted octanol–water partition coefficient (Wildman–Crippen LogP) is 6.27. The van der Waals surface area contributed by atoms with Gasteiger partial charge in [-0.05, 0) is 24.0 Å². The first-order valence-corrected chi connectivity index (χ1v) is 14.4. The van der Waals surface area contributed by atoms with Crippen LogP contribution in [-0.4, -0.2) is 74.5 Å². The Hall–Kier alpha value is -1.68. The van der Waals surface area contributed by atoms with E-state index in [2.05, 4.69) is 74.8 Å². The lowest BCUT2D eigenvalue weighted by Gasteiger charge is -2.38. The van der Waals surface area contributed by atoms with Crippen LogP contribution in [-0.2, 0) is 17.6 Å². The van der Waals surface area contributed by atoms with Crippen molar-refractivity contribution in [3.63, 3.8) is 0 Å². The van der Waals surface area contributed by atoms with Crippen molar-refractivity contribution >= 4 is 0 Å². The van der Waals surface area contributed by atoms with Crippen molar-refractivity contribution in [1.82, 2.24) is 0 Å². The predicted molar refractivity (Wildman–Crippen MR) is 147 cm³/mol. The van der Waals surface area contributed by atoms with Crippen LogP contribution in [0.5, 0.6) is 0 Å². The maximum Gasteiger partial charge on any atom is 0.0929 e. The normalized spacial score (nSPS) is 20.6. The second-order valence-electron chi connectivity index (χ2n) is 11.9. The minimum Gasteiger partial charge on any atom is -0.381 e. The topological polar surface area (TPSA) is 9.23 Å². The number of hydrogen-bond acceptors (Lipinski definition) is 1. The Morgan fingerprint density at radius 2 is 0.971 bits per heavy atom. The number of likely N-dealkylation sites (tertiary alicyclic amines) is 2. The van der Waals surface area contributed by atoms with E-state index in [0.717, 1.165) is 25.3 Å². The summed E-state index contributed by atoms with van der Waals surface area (Å²) in [6, 6.07) is 23.7. The van der Waals surface area contributed by atoms with E-state index < -0.39 is 0 Å². The van der Waals surface area contributed by atoms with Gasteiger partial charge in [-0.2, -0.15) is 0 Å². The van der Waals surface area contributed by atoms with E-state index in [4.69, 9.17) is 4.74 Å². The number of rotatable bonds is 14. The van der Waals surface area contributed by atoms with Crippen molar-refractivity contribution in [2.24, 2.45) is 0 Å². The standard InChI is InChI=1S/C32H50N2O/c1-33(21-9-10-22-33)31(27-29-15-5-3-6-16-29)19-13-25-35-26-14-20-32(34(2)23-11-12-24-34)28-30-17-7-4-8-18-30/h3-8,15-18,31-32H,9-14,19-28H2,1-2H3/q+2. The van der Waals surface area contributed by atoms with Crippen LogP contribution in [0.4, 0.5) is 0 Å².